The van der Waals surface area contributed by atoms with Crippen LogP contribution in [0, 0.1) is 0 Å². The second-order valence-corrected chi connectivity index (χ2v) is 7.62. The van der Waals surface area contributed by atoms with Crippen molar-refractivity contribution in [1.82, 2.24) is 0 Å². The van der Waals surface area contributed by atoms with E-state index < -0.39 is 5.63 Å². The third-order valence-corrected chi connectivity index (χ3v) is 5.31. The topological polar surface area (TPSA) is 72.5 Å². The van der Waals surface area contributed by atoms with Crippen molar-refractivity contribution in [2.24, 2.45) is 0 Å². The van der Waals surface area contributed by atoms with Gasteiger partial charge >= 0.3 is 5.63 Å². The van der Waals surface area contributed by atoms with Gasteiger partial charge in [-0.1, -0.05) is 41.9 Å². The van der Waals surface area contributed by atoms with Crippen molar-refractivity contribution < 1.29 is 13.6 Å². The molecule has 0 saturated heterocycles. The van der Waals surface area contributed by atoms with Crippen LogP contribution in [-0.4, -0.2) is 5.91 Å². The molecule has 0 aliphatic carbocycles. The Kier molecular flexibility index (Phi) is 5.09. The lowest BCUT2D eigenvalue weighted by Gasteiger charge is -2.06. The molecule has 32 heavy (non-hydrogen) atoms. The second-order valence-electron chi connectivity index (χ2n) is 7.19. The number of carbonyl (C=O) groups excluding carboxylic acids is 1. The average molecular weight is 442 g/mol. The van der Waals surface area contributed by atoms with Gasteiger partial charge in [0.2, 0.25) is 0 Å². The van der Waals surface area contributed by atoms with Crippen molar-refractivity contribution in [2.75, 3.05) is 5.32 Å². The maximum absolute atomic E-state index is 12.6. The fourth-order valence-corrected chi connectivity index (χ4v) is 3.54. The highest BCUT2D eigenvalue weighted by molar-refractivity contribution is 6.30. The summed E-state index contributed by atoms with van der Waals surface area (Å²) >= 11 is 5.91. The zero-order chi connectivity index (χ0) is 22.1. The maximum atomic E-state index is 12.6. The maximum Gasteiger partial charge on any atom is 0.344 e. The van der Waals surface area contributed by atoms with E-state index in [1.54, 1.807) is 60.7 Å². The predicted octanol–water partition coefficient (Wildman–Crippen LogP) is 6.63. The van der Waals surface area contributed by atoms with Gasteiger partial charge in [0.1, 0.15) is 11.3 Å². The molecule has 0 radical (unpaired) electrons. The average Bonchev–Trinajstić information content (AvgIpc) is 3.30. The summed E-state index contributed by atoms with van der Waals surface area (Å²) in [5, 5.41) is 4.27. The molecule has 0 unspecified atom stereocenters. The van der Waals surface area contributed by atoms with Crippen molar-refractivity contribution >= 4 is 34.2 Å². The van der Waals surface area contributed by atoms with Crippen LogP contribution in [0.4, 0.5) is 5.69 Å². The zero-order valence-corrected chi connectivity index (χ0v) is 17.4. The molecule has 0 bridgehead atoms. The lowest BCUT2D eigenvalue weighted by atomic mass is 10.1. The summed E-state index contributed by atoms with van der Waals surface area (Å²) in [6.07, 6.45) is 0. The fraction of sp³-hybridized carbons (Fsp3) is 0. The molecule has 1 amide bonds. The van der Waals surface area contributed by atoms with Crippen LogP contribution in [0.3, 0.4) is 0 Å². The van der Waals surface area contributed by atoms with Crippen molar-refractivity contribution in [3.05, 3.63) is 112 Å². The summed E-state index contributed by atoms with van der Waals surface area (Å²) in [5.41, 5.74) is 2.69. The Morgan fingerprint density at radius 2 is 1.50 bits per heavy atom. The number of hydrogen-bond donors (Lipinski definition) is 1. The van der Waals surface area contributed by atoms with Crippen LogP contribution in [0.25, 0.3) is 33.4 Å². The zero-order valence-electron chi connectivity index (χ0n) is 16.7. The number of rotatable bonds is 4. The largest absolute Gasteiger partial charge is 0.451 e. The van der Waals surface area contributed by atoms with E-state index in [0.717, 1.165) is 10.9 Å². The molecule has 0 spiro atoms. The smallest absolute Gasteiger partial charge is 0.344 e. The minimum atomic E-state index is -0.411. The number of halogens is 1. The van der Waals surface area contributed by atoms with E-state index in [1.807, 2.05) is 30.3 Å². The monoisotopic (exact) mass is 441 g/mol. The summed E-state index contributed by atoms with van der Waals surface area (Å²) in [7, 11) is 0. The molecule has 5 nitrogen and oxygen atoms in total. The third-order valence-electron chi connectivity index (χ3n) is 5.05. The summed E-state index contributed by atoms with van der Waals surface area (Å²) < 4.78 is 11.1. The van der Waals surface area contributed by atoms with Crippen molar-refractivity contribution in [3.63, 3.8) is 0 Å². The molecular weight excluding hydrogens is 426 g/mol. The summed E-state index contributed by atoms with van der Waals surface area (Å²) in [5.74, 6) is 0.391. The Labute approximate surface area is 187 Å². The van der Waals surface area contributed by atoms with E-state index in [0.29, 0.717) is 33.2 Å². The molecule has 2 aromatic heterocycles. The minimum absolute atomic E-state index is 0.189. The van der Waals surface area contributed by atoms with Crippen molar-refractivity contribution in [2.45, 2.75) is 0 Å². The molecule has 1 N–H and O–H groups in total. The van der Waals surface area contributed by atoms with Crippen LogP contribution < -0.4 is 10.9 Å². The molecule has 156 valence electrons. The number of fused-ring (bicyclic) bond motifs is 1. The van der Waals surface area contributed by atoms with E-state index in [9.17, 15) is 9.59 Å². The Bertz CT molecular complexity index is 1480. The standard InChI is InChI=1S/C26H16ClNO4/c27-19-9-5-17(6-10-19)23-13-14-24(31-23)25(29)28-20-11-7-16(8-12-20)21-15-18-3-1-2-4-22(18)32-26(21)30/h1-15H,(H,28,29). The normalized spacial score (nSPS) is 10.9. The lowest BCUT2D eigenvalue weighted by molar-refractivity contribution is 0.0997. The molecular formula is C26H16ClNO4. The van der Waals surface area contributed by atoms with Crippen LogP contribution in [0.1, 0.15) is 10.6 Å². The minimum Gasteiger partial charge on any atom is -0.451 e. The van der Waals surface area contributed by atoms with Crippen molar-refractivity contribution in [3.8, 4) is 22.5 Å². The number of amides is 1. The van der Waals surface area contributed by atoms with E-state index in [2.05, 4.69) is 5.32 Å². The van der Waals surface area contributed by atoms with Gasteiger partial charge in [-0.15, -0.1) is 0 Å². The van der Waals surface area contributed by atoms with Gasteiger partial charge in [0.25, 0.3) is 5.91 Å². The van der Waals surface area contributed by atoms with E-state index in [-0.39, 0.29) is 11.7 Å². The molecule has 0 saturated carbocycles. The van der Waals surface area contributed by atoms with E-state index >= 15 is 0 Å². The highest BCUT2D eigenvalue weighted by Gasteiger charge is 2.13. The number of para-hydroxylation sites is 1. The van der Waals surface area contributed by atoms with Gasteiger partial charge in [-0.05, 0) is 66.2 Å². The number of nitrogens with one attached hydrogen (secondary N) is 1. The molecule has 5 rings (SSSR count). The molecule has 0 fully saturated rings. The van der Waals surface area contributed by atoms with Crippen molar-refractivity contribution in [1.29, 1.82) is 0 Å². The van der Waals surface area contributed by atoms with Crippen LogP contribution >= 0.6 is 11.6 Å². The van der Waals surface area contributed by atoms with Crippen LogP contribution in [0.2, 0.25) is 5.02 Å². The van der Waals surface area contributed by atoms with Gasteiger partial charge in [0, 0.05) is 21.7 Å². The third kappa shape index (κ3) is 3.94. The highest BCUT2D eigenvalue weighted by Crippen LogP contribution is 2.25. The SMILES string of the molecule is O=C(Nc1ccc(-c2cc3ccccc3oc2=O)cc1)c1ccc(-c2ccc(Cl)cc2)o1. The first-order valence-corrected chi connectivity index (χ1v) is 10.2. The summed E-state index contributed by atoms with van der Waals surface area (Å²) in [4.78, 5) is 24.9. The molecule has 0 aliphatic heterocycles. The summed E-state index contributed by atoms with van der Waals surface area (Å²) in [6, 6.07) is 26.7. The van der Waals surface area contributed by atoms with Crippen LogP contribution in [-0.2, 0) is 0 Å². The number of anilines is 1. The number of furan rings is 1. The van der Waals surface area contributed by atoms with Gasteiger partial charge < -0.3 is 14.2 Å². The molecule has 0 atom stereocenters. The molecule has 5 aromatic rings. The Balaban J connectivity index is 1.34. The second kappa shape index (κ2) is 8.21. The summed E-state index contributed by atoms with van der Waals surface area (Å²) in [6.45, 7) is 0. The van der Waals surface area contributed by atoms with Gasteiger partial charge in [-0.3, -0.25) is 4.79 Å². The molecule has 6 heteroatoms. The Hall–Kier alpha value is -4.09. The Morgan fingerprint density at radius 1 is 0.781 bits per heavy atom. The molecule has 0 aliphatic rings. The highest BCUT2D eigenvalue weighted by atomic mass is 35.5. The Morgan fingerprint density at radius 3 is 2.28 bits per heavy atom. The van der Waals surface area contributed by atoms with E-state index in [1.165, 1.54) is 0 Å². The fourth-order valence-electron chi connectivity index (χ4n) is 3.42. The van der Waals surface area contributed by atoms with E-state index in [4.69, 9.17) is 20.4 Å². The molecule has 3 aromatic carbocycles. The predicted molar refractivity (Wildman–Crippen MR) is 125 cm³/mol. The first-order chi connectivity index (χ1) is 15.6. The van der Waals surface area contributed by atoms with Gasteiger partial charge in [0.05, 0.1) is 5.56 Å². The van der Waals surface area contributed by atoms with Crippen LogP contribution in [0.15, 0.2) is 105 Å². The van der Waals surface area contributed by atoms with Gasteiger partial charge in [-0.25, -0.2) is 4.79 Å². The lowest BCUT2D eigenvalue weighted by Crippen LogP contribution is -2.10. The van der Waals surface area contributed by atoms with Gasteiger partial charge in [-0.2, -0.15) is 0 Å². The van der Waals surface area contributed by atoms with Crippen LogP contribution in [0.5, 0.6) is 0 Å². The first kappa shape index (κ1) is 19.8. The molecule has 2 heterocycles. The van der Waals surface area contributed by atoms with Gasteiger partial charge in [0.15, 0.2) is 5.76 Å². The number of benzene rings is 3. The first-order valence-electron chi connectivity index (χ1n) is 9.87. The quantitative estimate of drug-likeness (QED) is 0.318. The number of carbonyl (C=O) groups is 1. The number of hydrogen-bond acceptors (Lipinski definition) is 4.